The van der Waals surface area contributed by atoms with Crippen molar-refractivity contribution in [3.05, 3.63) is 23.8 Å². The summed E-state index contributed by atoms with van der Waals surface area (Å²) in [5, 5.41) is 21.2. The van der Waals surface area contributed by atoms with Crippen molar-refractivity contribution in [3.63, 3.8) is 0 Å². The van der Waals surface area contributed by atoms with E-state index < -0.39 is 5.97 Å². The van der Waals surface area contributed by atoms with Crippen molar-refractivity contribution in [2.24, 2.45) is 0 Å². The Morgan fingerprint density at radius 3 is 2.95 bits per heavy atom. The van der Waals surface area contributed by atoms with Gasteiger partial charge in [-0.2, -0.15) is 0 Å². The summed E-state index contributed by atoms with van der Waals surface area (Å²) < 4.78 is 1.76. The average molecular weight is 277 g/mol. The van der Waals surface area contributed by atoms with Crippen molar-refractivity contribution >= 4 is 23.4 Å². The molecule has 3 N–H and O–H groups in total. The number of nitrogens with zero attached hydrogens (tertiary/aromatic N) is 4. The Balaban J connectivity index is 1.92. The molecule has 0 unspecified atom stereocenters. The number of aromatic carboxylic acids is 1. The number of carboxylic acid groups (broad SMARTS) is 1. The number of rotatable bonds is 4. The SMILES string of the molecule is Nc1c(Sc2nnnn2C2CC2)cccc1C(=O)O. The van der Waals surface area contributed by atoms with Gasteiger partial charge in [0.2, 0.25) is 5.16 Å². The zero-order valence-electron chi connectivity index (χ0n) is 9.85. The summed E-state index contributed by atoms with van der Waals surface area (Å²) in [6.45, 7) is 0. The van der Waals surface area contributed by atoms with Crippen LogP contribution in [0.1, 0.15) is 29.2 Å². The highest BCUT2D eigenvalue weighted by molar-refractivity contribution is 7.99. The third-order valence-electron chi connectivity index (χ3n) is 2.85. The number of anilines is 1. The average Bonchev–Trinajstić information content (AvgIpc) is 3.12. The molecule has 1 aliphatic carbocycles. The Labute approximate surface area is 112 Å². The van der Waals surface area contributed by atoms with Crippen LogP contribution in [0.4, 0.5) is 5.69 Å². The summed E-state index contributed by atoms with van der Waals surface area (Å²) in [7, 11) is 0. The lowest BCUT2D eigenvalue weighted by Crippen LogP contribution is -2.04. The second-order valence-corrected chi connectivity index (χ2v) is 5.27. The van der Waals surface area contributed by atoms with Crippen molar-refractivity contribution in [2.45, 2.75) is 28.9 Å². The summed E-state index contributed by atoms with van der Waals surface area (Å²) in [5.74, 6) is -1.04. The van der Waals surface area contributed by atoms with Gasteiger partial charge in [-0.25, -0.2) is 9.48 Å². The number of carbonyl (C=O) groups is 1. The smallest absolute Gasteiger partial charge is 0.337 e. The van der Waals surface area contributed by atoms with Crippen molar-refractivity contribution in [1.29, 1.82) is 0 Å². The van der Waals surface area contributed by atoms with E-state index in [1.54, 1.807) is 16.8 Å². The number of carboxylic acids is 1. The van der Waals surface area contributed by atoms with E-state index in [-0.39, 0.29) is 11.3 Å². The lowest BCUT2D eigenvalue weighted by molar-refractivity contribution is 0.0698. The molecule has 0 aliphatic heterocycles. The van der Waals surface area contributed by atoms with Gasteiger partial charge in [0.15, 0.2) is 0 Å². The molecule has 1 heterocycles. The van der Waals surface area contributed by atoms with Crippen LogP contribution in [0, 0.1) is 0 Å². The Kier molecular flexibility index (Phi) is 2.86. The van der Waals surface area contributed by atoms with Gasteiger partial charge in [0, 0.05) is 4.90 Å². The number of nitrogens with two attached hydrogens (primary N) is 1. The van der Waals surface area contributed by atoms with Crippen LogP contribution in [0.15, 0.2) is 28.3 Å². The van der Waals surface area contributed by atoms with Crippen LogP contribution in [0.25, 0.3) is 0 Å². The fraction of sp³-hybridized carbons (Fsp3) is 0.273. The van der Waals surface area contributed by atoms with E-state index in [0.717, 1.165) is 12.8 Å². The van der Waals surface area contributed by atoms with E-state index in [1.165, 1.54) is 17.8 Å². The van der Waals surface area contributed by atoms with E-state index >= 15 is 0 Å². The van der Waals surface area contributed by atoms with Gasteiger partial charge in [-0.15, -0.1) is 5.10 Å². The van der Waals surface area contributed by atoms with Crippen LogP contribution in [-0.2, 0) is 0 Å². The third-order valence-corrected chi connectivity index (χ3v) is 3.88. The molecule has 1 aromatic heterocycles. The van der Waals surface area contributed by atoms with Gasteiger partial charge >= 0.3 is 5.97 Å². The molecule has 3 rings (SSSR count). The third kappa shape index (κ3) is 2.26. The fourth-order valence-corrected chi connectivity index (χ4v) is 2.64. The van der Waals surface area contributed by atoms with Gasteiger partial charge in [0.25, 0.3) is 0 Å². The number of aromatic nitrogens is 4. The number of tetrazole rings is 1. The number of hydrogen-bond donors (Lipinski definition) is 2. The Morgan fingerprint density at radius 1 is 1.47 bits per heavy atom. The first-order chi connectivity index (χ1) is 9.16. The molecule has 0 atom stereocenters. The summed E-state index contributed by atoms with van der Waals surface area (Å²) >= 11 is 1.29. The molecule has 1 aromatic carbocycles. The molecule has 8 heteroatoms. The summed E-state index contributed by atoms with van der Waals surface area (Å²) in [4.78, 5) is 11.7. The number of para-hydroxylation sites is 1. The molecule has 7 nitrogen and oxygen atoms in total. The zero-order valence-corrected chi connectivity index (χ0v) is 10.7. The fourth-order valence-electron chi connectivity index (χ4n) is 1.72. The normalized spacial score (nSPS) is 14.5. The summed E-state index contributed by atoms with van der Waals surface area (Å²) in [6.07, 6.45) is 2.15. The molecular weight excluding hydrogens is 266 g/mol. The maximum Gasteiger partial charge on any atom is 0.337 e. The standard InChI is InChI=1S/C11H11N5O2S/c12-9-7(10(17)18)2-1-3-8(9)19-11-13-14-15-16(11)6-4-5-6/h1-3,6H,4-5,12H2,(H,17,18). The predicted octanol–water partition coefficient (Wildman–Crippen LogP) is 1.44. The van der Waals surface area contributed by atoms with Crippen molar-refractivity contribution in [2.75, 3.05) is 5.73 Å². The summed E-state index contributed by atoms with van der Waals surface area (Å²) in [5.41, 5.74) is 6.20. The van der Waals surface area contributed by atoms with Gasteiger partial charge in [0.05, 0.1) is 17.3 Å². The first kappa shape index (κ1) is 12.0. The van der Waals surface area contributed by atoms with Crippen molar-refractivity contribution < 1.29 is 9.90 Å². The molecule has 98 valence electrons. The van der Waals surface area contributed by atoms with E-state index in [2.05, 4.69) is 15.5 Å². The Morgan fingerprint density at radius 2 is 2.26 bits per heavy atom. The zero-order chi connectivity index (χ0) is 13.4. The molecule has 0 radical (unpaired) electrons. The molecule has 19 heavy (non-hydrogen) atoms. The van der Waals surface area contributed by atoms with Gasteiger partial charge < -0.3 is 10.8 Å². The van der Waals surface area contributed by atoms with Crippen LogP contribution in [0.2, 0.25) is 0 Å². The minimum atomic E-state index is -1.04. The largest absolute Gasteiger partial charge is 0.478 e. The van der Waals surface area contributed by atoms with Gasteiger partial charge in [0.1, 0.15) is 0 Å². The van der Waals surface area contributed by atoms with Crippen molar-refractivity contribution in [3.8, 4) is 0 Å². The van der Waals surface area contributed by atoms with Crippen LogP contribution < -0.4 is 5.73 Å². The molecule has 0 saturated heterocycles. The van der Waals surface area contributed by atoms with E-state index in [1.807, 2.05) is 0 Å². The first-order valence-corrected chi connectivity index (χ1v) is 6.56. The second kappa shape index (κ2) is 4.54. The van der Waals surface area contributed by atoms with Crippen LogP contribution in [0.3, 0.4) is 0 Å². The molecule has 1 saturated carbocycles. The number of hydrogen-bond acceptors (Lipinski definition) is 6. The van der Waals surface area contributed by atoms with Gasteiger partial charge in [-0.3, -0.25) is 0 Å². The van der Waals surface area contributed by atoms with Crippen LogP contribution in [0.5, 0.6) is 0 Å². The van der Waals surface area contributed by atoms with Crippen LogP contribution in [-0.4, -0.2) is 31.3 Å². The highest BCUT2D eigenvalue weighted by Gasteiger charge is 2.28. The number of benzene rings is 1. The second-order valence-electron chi connectivity index (χ2n) is 4.26. The van der Waals surface area contributed by atoms with Crippen LogP contribution >= 0.6 is 11.8 Å². The molecule has 1 aliphatic rings. The molecule has 0 spiro atoms. The highest BCUT2D eigenvalue weighted by atomic mass is 32.2. The molecule has 0 bridgehead atoms. The molecule has 2 aromatic rings. The van der Waals surface area contributed by atoms with Gasteiger partial charge in [-0.05, 0) is 47.2 Å². The Bertz CT molecular complexity index is 638. The minimum Gasteiger partial charge on any atom is -0.478 e. The highest BCUT2D eigenvalue weighted by Crippen LogP contribution is 2.39. The summed E-state index contributed by atoms with van der Waals surface area (Å²) in [6, 6.07) is 5.26. The van der Waals surface area contributed by atoms with E-state index in [4.69, 9.17) is 10.8 Å². The topological polar surface area (TPSA) is 107 Å². The molecule has 1 fully saturated rings. The van der Waals surface area contributed by atoms with Gasteiger partial charge in [-0.1, -0.05) is 6.07 Å². The predicted molar refractivity (Wildman–Crippen MR) is 68.0 cm³/mol. The first-order valence-electron chi connectivity index (χ1n) is 5.74. The molecular formula is C11H11N5O2S. The molecule has 0 amide bonds. The lowest BCUT2D eigenvalue weighted by atomic mass is 10.2. The van der Waals surface area contributed by atoms with E-state index in [9.17, 15) is 4.79 Å². The number of nitrogen functional groups attached to an aromatic ring is 1. The minimum absolute atomic E-state index is 0.0930. The quantitative estimate of drug-likeness (QED) is 0.814. The van der Waals surface area contributed by atoms with Crippen molar-refractivity contribution in [1.82, 2.24) is 20.2 Å². The maximum atomic E-state index is 11.0. The maximum absolute atomic E-state index is 11.0. The monoisotopic (exact) mass is 277 g/mol. The lowest BCUT2D eigenvalue weighted by Gasteiger charge is -2.07. The van der Waals surface area contributed by atoms with E-state index in [0.29, 0.717) is 16.1 Å². The Hall–Kier alpha value is -2.09.